The Hall–Kier alpha value is -1.83. The third-order valence-corrected chi connectivity index (χ3v) is 3.50. The first-order chi connectivity index (χ1) is 9.63. The lowest BCUT2D eigenvalue weighted by atomic mass is 9.92. The topological polar surface area (TPSA) is 26.3 Å². The molecular weight excluding hydrogens is 248 g/mol. The standard InChI is InChI=1S/C18H24O2/c1-4-5-9-15(2)16(3)12-13-20-18(19)14-17-10-7-6-8-11-17/h4,6-8,10-13,15-16H,1,5,9,14H2,2-3H3/b13-12+. The fourth-order valence-electron chi connectivity index (χ4n) is 1.88. The van der Waals surface area contributed by atoms with Gasteiger partial charge >= 0.3 is 5.97 Å². The van der Waals surface area contributed by atoms with Crippen molar-refractivity contribution in [3.05, 3.63) is 60.9 Å². The summed E-state index contributed by atoms with van der Waals surface area (Å²) in [6.45, 7) is 8.06. The summed E-state index contributed by atoms with van der Waals surface area (Å²) in [4.78, 5) is 11.6. The van der Waals surface area contributed by atoms with Crippen molar-refractivity contribution >= 4 is 5.97 Å². The normalized spacial score (nSPS) is 13.9. The molecule has 0 aliphatic carbocycles. The predicted molar refractivity (Wildman–Crippen MR) is 83.1 cm³/mol. The van der Waals surface area contributed by atoms with Crippen LogP contribution in [0.15, 0.2) is 55.3 Å². The largest absolute Gasteiger partial charge is 0.435 e. The van der Waals surface area contributed by atoms with Gasteiger partial charge in [0.1, 0.15) is 0 Å². The van der Waals surface area contributed by atoms with Gasteiger partial charge in [0.15, 0.2) is 0 Å². The minimum atomic E-state index is -0.224. The van der Waals surface area contributed by atoms with E-state index in [0.29, 0.717) is 18.3 Å². The Labute approximate surface area is 122 Å². The second-order valence-corrected chi connectivity index (χ2v) is 5.18. The molecule has 0 saturated carbocycles. The molecule has 2 unspecified atom stereocenters. The summed E-state index contributed by atoms with van der Waals surface area (Å²) in [5.41, 5.74) is 0.971. The zero-order valence-corrected chi connectivity index (χ0v) is 12.4. The van der Waals surface area contributed by atoms with Crippen LogP contribution in [0.25, 0.3) is 0 Å². The van der Waals surface area contributed by atoms with Crippen molar-refractivity contribution in [1.29, 1.82) is 0 Å². The Kier molecular flexibility index (Phi) is 7.41. The molecule has 108 valence electrons. The lowest BCUT2D eigenvalue weighted by molar-refractivity contribution is -0.137. The molecule has 20 heavy (non-hydrogen) atoms. The maximum absolute atomic E-state index is 11.6. The lowest BCUT2D eigenvalue weighted by Crippen LogP contribution is -2.07. The van der Waals surface area contributed by atoms with Crippen LogP contribution in [0.5, 0.6) is 0 Å². The average molecular weight is 272 g/mol. The van der Waals surface area contributed by atoms with Crippen molar-refractivity contribution in [2.45, 2.75) is 33.1 Å². The molecule has 1 aromatic carbocycles. The number of carbonyl (C=O) groups excluding carboxylic acids is 1. The molecule has 0 aliphatic heterocycles. The molecule has 0 saturated heterocycles. The zero-order chi connectivity index (χ0) is 14.8. The fourth-order valence-corrected chi connectivity index (χ4v) is 1.88. The van der Waals surface area contributed by atoms with Crippen LogP contribution in [-0.4, -0.2) is 5.97 Å². The van der Waals surface area contributed by atoms with Gasteiger partial charge in [0.2, 0.25) is 0 Å². The molecule has 0 heterocycles. The number of hydrogen-bond acceptors (Lipinski definition) is 2. The molecule has 1 aromatic rings. The Morgan fingerprint density at radius 1 is 1.30 bits per heavy atom. The summed E-state index contributed by atoms with van der Waals surface area (Å²) in [6.07, 6.45) is 7.86. The number of esters is 1. The van der Waals surface area contributed by atoms with Crippen LogP contribution in [-0.2, 0) is 16.0 Å². The van der Waals surface area contributed by atoms with Crippen LogP contribution >= 0.6 is 0 Å². The third-order valence-electron chi connectivity index (χ3n) is 3.50. The number of ether oxygens (including phenoxy) is 1. The van der Waals surface area contributed by atoms with E-state index in [9.17, 15) is 4.79 Å². The van der Waals surface area contributed by atoms with Crippen molar-refractivity contribution < 1.29 is 9.53 Å². The summed E-state index contributed by atoms with van der Waals surface area (Å²) < 4.78 is 5.13. The Balaban J connectivity index is 2.32. The number of hydrogen-bond donors (Lipinski definition) is 0. The Morgan fingerprint density at radius 3 is 2.65 bits per heavy atom. The predicted octanol–water partition coefficient (Wildman–Crippen LogP) is 4.52. The molecule has 2 nitrogen and oxygen atoms in total. The van der Waals surface area contributed by atoms with E-state index in [1.807, 2.05) is 42.5 Å². The van der Waals surface area contributed by atoms with E-state index in [1.54, 1.807) is 0 Å². The molecule has 0 bridgehead atoms. The summed E-state index contributed by atoms with van der Waals surface area (Å²) in [6, 6.07) is 9.61. The van der Waals surface area contributed by atoms with Crippen LogP contribution < -0.4 is 0 Å². The maximum Gasteiger partial charge on any atom is 0.315 e. The molecule has 0 aliphatic rings. The summed E-state index contributed by atoms with van der Waals surface area (Å²) in [7, 11) is 0. The minimum absolute atomic E-state index is 0.224. The number of benzene rings is 1. The van der Waals surface area contributed by atoms with Gasteiger partial charge in [-0.15, -0.1) is 6.58 Å². The van der Waals surface area contributed by atoms with Crippen molar-refractivity contribution in [3.8, 4) is 0 Å². The van der Waals surface area contributed by atoms with Crippen LogP contribution in [0.3, 0.4) is 0 Å². The van der Waals surface area contributed by atoms with E-state index >= 15 is 0 Å². The van der Waals surface area contributed by atoms with Gasteiger partial charge < -0.3 is 4.74 Å². The van der Waals surface area contributed by atoms with Crippen molar-refractivity contribution in [3.63, 3.8) is 0 Å². The number of allylic oxidation sites excluding steroid dienone is 2. The molecule has 0 spiro atoms. The van der Waals surface area contributed by atoms with Crippen molar-refractivity contribution in [1.82, 2.24) is 0 Å². The van der Waals surface area contributed by atoms with Gasteiger partial charge in [-0.2, -0.15) is 0 Å². The second-order valence-electron chi connectivity index (χ2n) is 5.18. The molecule has 0 amide bonds. The molecule has 0 aromatic heterocycles. The van der Waals surface area contributed by atoms with E-state index < -0.39 is 0 Å². The lowest BCUT2D eigenvalue weighted by Gasteiger charge is -2.14. The SMILES string of the molecule is C=CCCC(C)C(C)/C=C/OC(=O)Cc1ccccc1. The van der Waals surface area contributed by atoms with Gasteiger partial charge in [-0.3, -0.25) is 4.79 Å². The minimum Gasteiger partial charge on any atom is -0.435 e. The highest BCUT2D eigenvalue weighted by Gasteiger charge is 2.08. The monoisotopic (exact) mass is 272 g/mol. The van der Waals surface area contributed by atoms with Gasteiger partial charge in [-0.1, -0.05) is 50.3 Å². The molecule has 0 fully saturated rings. The van der Waals surface area contributed by atoms with Crippen LogP contribution in [0.2, 0.25) is 0 Å². The summed E-state index contributed by atoms with van der Waals surface area (Å²) in [5, 5.41) is 0. The van der Waals surface area contributed by atoms with E-state index in [0.717, 1.165) is 18.4 Å². The fraction of sp³-hybridized carbons (Fsp3) is 0.389. The first kappa shape index (κ1) is 16.2. The first-order valence-electron chi connectivity index (χ1n) is 7.14. The van der Waals surface area contributed by atoms with E-state index in [1.165, 1.54) is 6.26 Å². The van der Waals surface area contributed by atoms with Gasteiger partial charge in [-0.05, 0) is 36.3 Å². The van der Waals surface area contributed by atoms with Crippen molar-refractivity contribution in [2.24, 2.45) is 11.8 Å². The highest BCUT2D eigenvalue weighted by atomic mass is 16.5. The Morgan fingerprint density at radius 2 is 2.00 bits per heavy atom. The van der Waals surface area contributed by atoms with Gasteiger partial charge in [0, 0.05) is 0 Å². The van der Waals surface area contributed by atoms with E-state index in [-0.39, 0.29) is 5.97 Å². The van der Waals surface area contributed by atoms with Crippen molar-refractivity contribution in [2.75, 3.05) is 0 Å². The molecule has 1 rings (SSSR count). The van der Waals surface area contributed by atoms with Gasteiger partial charge in [0.05, 0.1) is 12.7 Å². The Bertz CT molecular complexity index is 434. The second kappa shape index (κ2) is 9.13. The first-order valence-corrected chi connectivity index (χ1v) is 7.14. The molecular formula is C18H24O2. The summed E-state index contributed by atoms with van der Waals surface area (Å²) in [5.74, 6) is 0.718. The number of rotatable bonds is 8. The molecule has 2 atom stereocenters. The molecule has 0 radical (unpaired) electrons. The smallest absolute Gasteiger partial charge is 0.315 e. The van der Waals surface area contributed by atoms with E-state index in [4.69, 9.17) is 4.74 Å². The third kappa shape index (κ3) is 6.37. The zero-order valence-electron chi connectivity index (χ0n) is 12.4. The quantitative estimate of drug-likeness (QED) is 0.395. The van der Waals surface area contributed by atoms with Gasteiger partial charge in [0.25, 0.3) is 0 Å². The highest BCUT2D eigenvalue weighted by molar-refractivity contribution is 5.73. The molecule has 2 heteroatoms. The van der Waals surface area contributed by atoms with Crippen LogP contribution in [0.1, 0.15) is 32.3 Å². The van der Waals surface area contributed by atoms with E-state index in [2.05, 4.69) is 20.4 Å². The van der Waals surface area contributed by atoms with Crippen LogP contribution in [0, 0.1) is 11.8 Å². The average Bonchev–Trinajstić information content (AvgIpc) is 2.45. The highest BCUT2D eigenvalue weighted by Crippen LogP contribution is 2.18. The molecule has 0 N–H and O–H groups in total. The maximum atomic E-state index is 11.6. The summed E-state index contributed by atoms with van der Waals surface area (Å²) >= 11 is 0. The van der Waals surface area contributed by atoms with Crippen LogP contribution in [0.4, 0.5) is 0 Å². The number of carbonyl (C=O) groups is 1. The van der Waals surface area contributed by atoms with Gasteiger partial charge in [-0.25, -0.2) is 0 Å².